The van der Waals surface area contributed by atoms with Gasteiger partial charge in [-0.3, -0.25) is 9.59 Å². The maximum absolute atomic E-state index is 12.2. The molecule has 6 heteroatoms. The predicted molar refractivity (Wildman–Crippen MR) is 80.9 cm³/mol. The van der Waals surface area contributed by atoms with E-state index < -0.39 is 0 Å². The molecule has 116 valence electrons. The number of carbonyl (C=O) groups is 2. The van der Waals surface area contributed by atoms with Crippen LogP contribution >= 0.6 is 12.4 Å². The van der Waals surface area contributed by atoms with Crippen molar-refractivity contribution in [3.05, 3.63) is 0 Å². The molecule has 2 atom stereocenters. The molecule has 2 saturated heterocycles. The Hall–Kier alpha value is -0.810. The molecule has 0 aliphatic carbocycles. The van der Waals surface area contributed by atoms with Crippen LogP contribution in [0.1, 0.15) is 33.1 Å². The number of piperazine rings is 1. The molecule has 2 heterocycles. The molecule has 0 aromatic rings. The Morgan fingerprint density at radius 1 is 1.45 bits per heavy atom. The van der Waals surface area contributed by atoms with Gasteiger partial charge in [0.25, 0.3) is 0 Å². The van der Waals surface area contributed by atoms with Crippen molar-refractivity contribution in [1.29, 1.82) is 0 Å². The number of nitrogens with one attached hydrogen (secondary N) is 1. The summed E-state index contributed by atoms with van der Waals surface area (Å²) in [5.74, 6) is 0.515. The number of piperidine rings is 1. The van der Waals surface area contributed by atoms with E-state index in [1.807, 2.05) is 23.6 Å². The summed E-state index contributed by atoms with van der Waals surface area (Å²) in [5.41, 5.74) is 0. The second kappa shape index (κ2) is 7.84. The van der Waals surface area contributed by atoms with E-state index in [2.05, 4.69) is 5.32 Å². The third-order valence-corrected chi connectivity index (χ3v) is 4.31. The number of likely N-dealkylation sites (tertiary alicyclic amines) is 1. The predicted octanol–water partition coefficient (Wildman–Crippen LogP) is 0.877. The van der Waals surface area contributed by atoms with Crippen LogP contribution in [-0.2, 0) is 9.59 Å². The molecule has 5 nitrogen and oxygen atoms in total. The molecule has 2 aliphatic heterocycles. The Morgan fingerprint density at radius 3 is 2.85 bits per heavy atom. The molecule has 0 radical (unpaired) electrons. The Labute approximate surface area is 127 Å². The van der Waals surface area contributed by atoms with Gasteiger partial charge in [-0.2, -0.15) is 0 Å². The fourth-order valence-corrected chi connectivity index (χ4v) is 2.90. The SMILES string of the molecule is CCC(C)C(=O)N1CCCC(N2CCNCC2=O)C1.Cl. The minimum atomic E-state index is 0. The van der Waals surface area contributed by atoms with Crippen molar-refractivity contribution in [3.63, 3.8) is 0 Å². The highest BCUT2D eigenvalue weighted by Crippen LogP contribution is 2.19. The molecule has 2 fully saturated rings. The number of halogens is 1. The lowest BCUT2D eigenvalue weighted by Crippen LogP contribution is -2.57. The zero-order chi connectivity index (χ0) is 13.8. The van der Waals surface area contributed by atoms with Crippen molar-refractivity contribution in [3.8, 4) is 0 Å². The lowest BCUT2D eigenvalue weighted by molar-refractivity contribution is -0.142. The van der Waals surface area contributed by atoms with E-state index in [1.54, 1.807) is 0 Å². The van der Waals surface area contributed by atoms with Crippen LogP contribution in [0.3, 0.4) is 0 Å². The first kappa shape index (κ1) is 17.2. The van der Waals surface area contributed by atoms with Gasteiger partial charge in [0, 0.05) is 38.1 Å². The van der Waals surface area contributed by atoms with Crippen LogP contribution in [0, 0.1) is 5.92 Å². The molecule has 1 N–H and O–H groups in total. The third kappa shape index (κ3) is 3.85. The first-order chi connectivity index (χ1) is 9.13. The zero-order valence-corrected chi connectivity index (χ0v) is 13.2. The van der Waals surface area contributed by atoms with E-state index in [0.717, 1.165) is 45.4 Å². The number of hydrogen-bond donors (Lipinski definition) is 1. The maximum Gasteiger partial charge on any atom is 0.236 e. The van der Waals surface area contributed by atoms with Gasteiger partial charge in [0.2, 0.25) is 11.8 Å². The standard InChI is InChI=1S/C14H25N3O2.ClH/c1-3-11(2)14(19)16-7-4-5-12(10-16)17-8-6-15-9-13(17)18;/h11-12,15H,3-10H2,1-2H3;1H. The van der Waals surface area contributed by atoms with E-state index in [0.29, 0.717) is 6.54 Å². The minimum Gasteiger partial charge on any atom is -0.340 e. The van der Waals surface area contributed by atoms with Crippen molar-refractivity contribution in [2.45, 2.75) is 39.2 Å². The summed E-state index contributed by atoms with van der Waals surface area (Å²) in [5, 5.41) is 3.09. The number of hydrogen-bond acceptors (Lipinski definition) is 3. The van der Waals surface area contributed by atoms with Gasteiger partial charge >= 0.3 is 0 Å². The molecule has 0 spiro atoms. The van der Waals surface area contributed by atoms with Crippen molar-refractivity contribution in [1.82, 2.24) is 15.1 Å². The van der Waals surface area contributed by atoms with Gasteiger partial charge in [0.05, 0.1) is 6.54 Å². The topological polar surface area (TPSA) is 52.7 Å². The van der Waals surface area contributed by atoms with Gasteiger partial charge in [-0.05, 0) is 19.3 Å². The van der Waals surface area contributed by atoms with E-state index in [1.165, 1.54) is 0 Å². The van der Waals surface area contributed by atoms with Crippen molar-refractivity contribution < 1.29 is 9.59 Å². The van der Waals surface area contributed by atoms with E-state index in [-0.39, 0.29) is 36.2 Å². The number of carbonyl (C=O) groups excluding carboxylic acids is 2. The van der Waals surface area contributed by atoms with Gasteiger partial charge in [0.1, 0.15) is 0 Å². The highest BCUT2D eigenvalue weighted by atomic mass is 35.5. The second-order valence-corrected chi connectivity index (χ2v) is 5.65. The first-order valence-corrected chi connectivity index (χ1v) is 7.42. The molecule has 0 saturated carbocycles. The molecule has 0 aromatic carbocycles. The largest absolute Gasteiger partial charge is 0.340 e. The monoisotopic (exact) mass is 303 g/mol. The van der Waals surface area contributed by atoms with Crippen LogP contribution in [0.4, 0.5) is 0 Å². The van der Waals surface area contributed by atoms with Gasteiger partial charge in [0.15, 0.2) is 0 Å². The Balaban J connectivity index is 0.00000200. The number of amides is 2. The highest BCUT2D eigenvalue weighted by molar-refractivity contribution is 5.85. The second-order valence-electron chi connectivity index (χ2n) is 5.65. The molecule has 20 heavy (non-hydrogen) atoms. The number of rotatable bonds is 3. The smallest absolute Gasteiger partial charge is 0.236 e. The van der Waals surface area contributed by atoms with E-state index >= 15 is 0 Å². The van der Waals surface area contributed by atoms with Crippen LogP contribution in [0.2, 0.25) is 0 Å². The summed E-state index contributed by atoms with van der Waals surface area (Å²) in [6.45, 7) is 7.67. The van der Waals surface area contributed by atoms with Gasteiger partial charge in [-0.1, -0.05) is 13.8 Å². The molecule has 2 rings (SSSR count). The summed E-state index contributed by atoms with van der Waals surface area (Å²) < 4.78 is 0. The molecule has 0 aromatic heterocycles. The highest BCUT2D eigenvalue weighted by Gasteiger charge is 2.32. The summed E-state index contributed by atoms with van der Waals surface area (Å²) >= 11 is 0. The Bertz CT molecular complexity index is 351. The summed E-state index contributed by atoms with van der Waals surface area (Å²) in [4.78, 5) is 28.1. The average Bonchev–Trinajstić information content (AvgIpc) is 2.46. The molecule has 2 amide bonds. The summed E-state index contributed by atoms with van der Waals surface area (Å²) in [7, 11) is 0. The lowest BCUT2D eigenvalue weighted by Gasteiger charge is -2.41. The fourth-order valence-electron chi connectivity index (χ4n) is 2.90. The van der Waals surface area contributed by atoms with Gasteiger partial charge in [-0.15, -0.1) is 12.4 Å². The Kier molecular flexibility index (Phi) is 6.76. The summed E-state index contributed by atoms with van der Waals surface area (Å²) in [6, 6.07) is 0.219. The van der Waals surface area contributed by atoms with E-state index in [4.69, 9.17) is 0 Å². The quantitative estimate of drug-likeness (QED) is 0.842. The molecule has 2 aliphatic rings. The Morgan fingerprint density at radius 2 is 2.20 bits per heavy atom. The first-order valence-electron chi connectivity index (χ1n) is 7.42. The molecular formula is C14H26ClN3O2. The van der Waals surface area contributed by atoms with Gasteiger partial charge in [-0.25, -0.2) is 0 Å². The normalized spacial score (nSPS) is 25.1. The van der Waals surface area contributed by atoms with Crippen LogP contribution in [0.15, 0.2) is 0 Å². The molecule has 2 unspecified atom stereocenters. The van der Waals surface area contributed by atoms with Crippen molar-refractivity contribution in [2.75, 3.05) is 32.7 Å². The lowest BCUT2D eigenvalue weighted by atomic mass is 10.00. The van der Waals surface area contributed by atoms with Crippen molar-refractivity contribution in [2.24, 2.45) is 5.92 Å². The van der Waals surface area contributed by atoms with E-state index in [9.17, 15) is 9.59 Å². The minimum absolute atomic E-state index is 0. The van der Waals surface area contributed by atoms with Gasteiger partial charge < -0.3 is 15.1 Å². The van der Waals surface area contributed by atoms with Crippen LogP contribution < -0.4 is 5.32 Å². The van der Waals surface area contributed by atoms with Crippen molar-refractivity contribution >= 4 is 24.2 Å². The molecule has 0 bridgehead atoms. The number of nitrogens with zero attached hydrogens (tertiary/aromatic N) is 2. The van der Waals surface area contributed by atoms with Crippen LogP contribution in [-0.4, -0.2) is 60.4 Å². The summed E-state index contributed by atoms with van der Waals surface area (Å²) in [6.07, 6.45) is 2.91. The third-order valence-electron chi connectivity index (χ3n) is 4.31. The average molecular weight is 304 g/mol. The fraction of sp³-hybridized carbons (Fsp3) is 0.857. The zero-order valence-electron chi connectivity index (χ0n) is 12.4. The molecular weight excluding hydrogens is 278 g/mol. The van der Waals surface area contributed by atoms with Crippen LogP contribution in [0.25, 0.3) is 0 Å². The van der Waals surface area contributed by atoms with Crippen LogP contribution in [0.5, 0.6) is 0 Å². The maximum atomic E-state index is 12.2.